The number of hydroxylamine groups is 1. The van der Waals surface area contributed by atoms with E-state index >= 15 is 0 Å². The lowest BCUT2D eigenvalue weighted by molar-refractivity contribution is 0.0421. The predicted molar refractivity (Wildman–Crippen MR) is 102 cm³/mol. The second-order valence-electron chi connectivity index (χ2n) is 5.76. The standard InChI is InChI=1S/C20H20N2O5/c1-4-10-27-21-19(25)15-7-5-6-14(12-15)8-9-16(23)18-17(24)11-13(2)22(3)20(18)26/h4-9,11-12,24H,1,10H2,2-3H3,(H,21,25). The third-order valence-electron chi connectivity index (χ3n) is 3.84. The van der Waals surface area contributed by atoms with Gasteiger partial charge in [-0.3, -0.25) is 19.2 Å². The van der Waals surface area contributed by atoms with Crippen LogP contribution in [-0.4, -0.2) is 28.0 Å². The van der Waals surface area contributed by atoms with Crippen molar-refractivity contribution < 1.29 is 19.5 Å². The minimum Gasteiger partial charge on any atom is -0.507 e. The number of aromatic nitrogens is 1. The SMILES string of the molecule is C=CCONC(=O)c1cccc(C=CC(=O)c2c(O)cc(C)n(C)c2=O)c1. The quantitative estimate of drug-likeness (QED) is 0.257. The molecule has 2 rings (SSSR count). The molecule has 0 aliphatic heterocycles. The molecule has 0 fully saturated rings. The summed E-state index contributed by atoms with van der Waals surface area (Å²) < 4.78 is 1.29. The van der Waals surface area contributed by atoms with Crippen molar-refractivity contribution in [3.63, 3.8) is 0 Å². The van der Waals surface area contributed by atoms with E-state index in [4.69, 9.17) is 4.84 Å². The van der Waals surface area contributed by atoms with Crippen LogP contribution in [0.5, 0.6) is 5.75 Å². The number of pyridine rings is 1. The zero-order chi connectivity index (χ0) is 20.0. The normalized spacial score (nSPS) is 10.7. The van der Waals surface area contributed by atoms with E-state index in [0.29, 0.717) is 16.8 Å². The number of nitrogens with one attached hydrogen (secondary N) is 1. The molecule has 0 spiro atoms. The molecule has 0 saturated carbocycles. The van der Waals surface area contributed by atoms with E-state index < -0.39 is 17.2 Å². The molecule has 1 heterocycles. The van der Waals surface area contributed by atoms with Crippen LogP contribution in [-0.2, 0) is 11.9 Å². The van der Waals surface area contributed by atoms with Crippen molar-refractivity contribution in [1.29, 1.82) is 0 Å². The number of amides is 1. The number of rotatable bonds is 7. The molecule has 1 amide bonds. The third-order valence-corrected chi connectivity index (χ3v) is 3.84. The summed E-state index contributed by atoms with van der Waals surface area (Å²) in [4.78, 5) is 41.4. The number of aromatic hydroxyl groups is 1. The van der Waals surface area contributed by atoms with E-state index in [1.165, 1.54) is 35.9 Å². The van der Waals surface area contributed by atoms with Crippen molar-refractivity contribution in [2.75, 3.05) is 6.61 Å². The highest BCUT2D eigenvalue weighted by molar-refractivity contribution is 6.08. The zero-order valence-corrected chi connectivity index (χ0v) is 15.1. The number of ketones is 1. The monoisotopic (exact) mass is 368 g/mol. The Morgan fingerprint density at radius 1 is 1.33 bits per heavy atom. The van der Waals surface area contributed by atoms with Gasteiger partial charge in [-0.25, -0.2) is 5.48 Å². The van der Waals surface area contributed by atoms with Crippen LogP contribution < -0.4 is 11.0 Å². The molecule has 0 aliphatic carbocycles. The lowest BCUT2D eigenvalue weighted by Crippen LogP contribution is -2.25. The Labute approximate surface area is 156 Å². The van der Waals surface area contributed by atoms with Gasteiger partial charge in [-0.2, -0.15) is 0 Å². The van der Waals surface area contributed by atoms with Gasteiger partial charge in [0.15, 0.2) is 5.78 Å². The van der Waals surface area contributed by atoms with Crippen LogP contribution in [0, 0.1) is 6.92 Å². The highest BCUT2D eigenvalue weighted by Crippen LogP contribution is 2.16. The van der Waals surface area contributed by atoms with E-state index in [9.17, 15) is 19.5 Å². The molecule has 1 aromatic heterocycles. The van der Waals surface area contributed by atoms with E-state index in [1.54, 1.807) is 31.2 Å². The molecule has 140 valence electrons. The maximum Gasteiger partial charge on any atom is 0.274 e. The highest BCUT2D eigenvalue weighted by atomic mass is 16.6. The van der Waals surface area contributed by atoms with Crippen molar-refractivity contribution >= 4 is 17.8 Å². The summed E-state index contributed by atoms with van der Waals surface area (Å²) in [5, 5.41) is 9.94. The molecular formula is C20H20N2O5. The van der Waals surface area contributed by atoms with Crippen molar-refractivity contribution in [2.24, 2.45) is 7.05 Å². The molecule has 0 aliphatic rings. The number of carbonyl (C=O) groups is 2. The van der Waals surface area contributed by atoms with Crippen LogP contribution in [0.15, 0.2) is 53.9 Å². The summed E-state index contributed by atoms with van der Waals surface area (Å²) in [7, 11) is 1.52. The van der Waals surface area contributed by atoms with E-state index in [0.717, 1.165) is 0 Å². The second kappa shape index (κ2) is 8.77. The number of benzene rings is 1. The van der Waals surface area contributed by atoms with Crippen LogP contribution in [0.3, 0.4) is 0 Å². The summed E-state index contributed by atoms with van der Waals surface area (Å²) in [5.41, 5.74) is 2.84. The predicted octanol–water partition coefficient (Wildman–Crippen LogP) is 2.14. The van der Waals surface area contributed by atoms with Crippen LogP contribution in [0.1, 0.15) is 32.0 Å². The van der Waals surface area contributed by atoms with Gasteiger partial charge in [-0.05, 0) is 30.7 Å². The average Bonchev–Trinajstić information content (AvgIpc) is 2.65. The van der Waals surface area contributed by atoms with Gasteiger partial charge in [0.1, 0.15) is 11.3 Å². The van der Waals surface area contributed by atoms with Crippen molar-refractivity contribution in [3.8, 4) is 5.75 Å². The van der Waals surface area contributed by atoms with Crippen LogP contribution in [0.4, 0.5) is 0 Å². The number of carbonyl (C=O) groups excluding carboxylic acids is 2. The largest absolute Gasteiger partial charge is 0.507 e. The first kappa shape index (κ1) is 19.9. The summed E-state index contributed by atoms with van der Waals surface area (Å²) in [6.45, 7) is 5.30. The Balaban J connectivity index is 2.21. The molecule has 27 heavy (non-hydrogen) atoms. The number of allylic oxidation sites excluding steroid dienone is 1. The minimum absolute atomic E-state index is 0.175. The molecule has 2 N–H and O–H groups in total. The Kier molecular flexibility index (Phi) is 6.46. The van der Waals surface area contributed by atoms with E-state index in [-0.39, 0.29) is 17.9 Å². The second-order valence-corrected chi connectivity index (χ2v) is 5.76. The number of aryl methyl sites for hydroxylation is 1. The number of hydrogen-bond acceptors (Lipinski definition) is 5. The molecule has 1 aromatic carbocycles. The molecule has 7 nitrogen and oxygen atoms in total. The fourth-order valence-electron chi connectivity index (χ4n) is 2.30. The molecule has 0 atom stereocenters. The van der Waals surface area contributed by atoms with Gasteiger partial charge >= 0.3 is 0 Å². The Hall–Kier alpha value is -3.45. The maximum absolute atomic E-state index is 12.3. The van der Waals surface area contributed by atoms with Crippen molar-refractivity contribution in [3.05, 3.63) is 81.8 Å². The first-order valence-electron chi connectivity index (χ1n) is 8.10. The number of nitrogens with zero attached hydrogens (tertiary/aromatic N) is 1. The Morgan fingerprint density at radius 2 is 2.07 bits per heavy atom. The van der Waals surface area contributed by atoms with Gasteiger partial charge in [0, 0.05) is 24.4 Å². The van der Waals surface area contributed by atoms with Crippen LogP contribution in [0.2, 0.25) is 0 Å². The Morgan fingerprint density at radius 3 is 2.78 bits per heavy atom. The first-order chi connectivity index (χ1) is 12.8. The summed E-state index contributed by atoms with van der Waals surface area (Å²) in [6.07, 6.45) is 4.13. The zero-order valence-electron chi connectivity index (χ0n) is 15.1. The molecule has 0 unspecified atom stereocenters. The molecule has 0 radical (unpaired) electrons. The summed E-state index contributed by atoms with van der Waals surface area (Å²) in [5.74, 6) is -1.43. The molecule has 0 saturated heterocycles. The van der Waals surface area contributed by atoms with Crippen LogP contribution in [0.25, 0.3) is 6.08 Å². The number of hydrogen-bond donors (Lipinski definition) is 2. The summed E-state index contributed by atoms with van der Waals surface area (Å²) in [6, 6.07) is 7.85. The third kappa shape index (κ3) is 4.80. The maximum atomic E-state index is 12.3. The fourth-order valence-corrected chi connectivity index (χ4v) is 2.30. The van der Waals surface area contributed by atoms with Gasteiger partial charge in [0.05, 0.1) is 6.61 Å². The molecule has 2 aromatic rings. The van der Waals surface area contributed by atoms with Crippen LogP contribution >= 0.6 is 0 Å². The van der Waals surface area contributed by atoms with E-state index in [2.05, 4.69) is 12.1 Å². The van der Waals surface area contributed by atoms with Crippen molar-refractivity contribution in [2.45, 2.75) is 6.92 Å². The van der Waals surface area contributed by atoms with Crippen molar-refractivity contribution in [1.82, 2.24) is 10.0 Å². The first-order valence-corrected chi connectivity index (χ1v) is 8.10. The van der Waals surface area contributed by atoms with Gasteiger partial charge in [-0.15, -0.1) is 6.58 Å². The van der Waals surface area contributed by atoms with Gasteiger partial charge < -0.3 is 9.67 Å². The fraction of sp³-hybridized carbons (Fsp3) is 0.150. The van der Waals surface area contributed by atoms with Gasteiger partial charge in [-0.1, -0.05) is 24.3 Å². The average molecular weight is 368 g/mol. The van der Waals surface area contributed by atoms with Gasteiger partial charge in [0.25, 0.3) is 11.5 Å². The topological polar surface area (TPSA) is 97.6 Å². The molecule has 0 bridgehead atoms. The van der Waals surface area contributed by atoms with Gasteiger partial charge in [0.2, 0.25) is 0 Å². The summed E-state index contributed by atoms with van der Waals surface area (Å²) >= 11 is 0. The minimum atomic E-state index is -0.628. The molecule has 7 heteroatoms. The van der Waals surface area contributed by atoms with E-state index in [1.807, 2.05) is 0 Å². The Bertz CT molecular complexity index is 973. The lowest BCUT2D eigenvalue weighted by atomic mass is 10.1. The highest BCUT2D eigenvalue weighted by Gasteiger charge is 2.16. The molecular weight excluding hydrogens is 348 g/mol. The smallest absolute Gasteiger partial charge is 0.274 e. The lowest BCUT2D eigenvalue weighted by Gasteiger charge is -2.07.